The molecule has 0 saturated carbocycles. The van der Waals surface area contributed by atoms with Crippen LogP contribution < -0.4 is 0 Å². The highest BCUT2D eigenvalue weighted by atomic mass is 16.2. The van der Waals surface area contributed by atoms with Crippen molar-refractivity contribution in [3.63, 3.8) is 0 Å². The number of rotatable bonds is 7. The average Bonchev–Trinajstić information content (AvgIpc) is 3.22. The van der Waals surface area contributed by atoms with E-state index in [0.29, 0.717) is 18.9 Å². The Kier molecular flexibility index (Phi) is 6.06. The minimum atomic E-state index is 0.272. The number of aryl methyl sites for hydroxylation is 1. The molecule has 1 fully saturated rings. The first-order valence-electron chi connectivity index (χ1n) is 9.73. The third-order valence-corrected chi connectivity index (χ3v) is 5.37. The van der Waals surface area contributed by atoms with Crippen LogP contribution in [0, 0.1) is 6.92 Å². The molecule has 2 aromatic rings. The molecular weight excluding hydrogens is 328 g/mol. The van der Waals surface area contributed by atoms with Gasteiger partial charge in [0.05, 0.1) is 6.54 Å². The summed E-state index contributed by atoms with van der Waals surface area (Å²) in [4.78, 5) is 18.7. The number of imidazole rings is 1. The Labute approximate surface area is 155 Å². The maximum absolute atomic E-state index is 12.5. The number of likely N-dealkylation sites (tertiary alicyclic amines) is 1. The summed E-state index contributed by atoms with van der Waals surface area (Å²) in [6, 6.07) is 0. The van der Waals surface area contributed by atoms with E-state index in [2.05, 4.69) is 31.2 Å². The van der Waals surface area contributed by atoms with Crippen molar-refractivity contribution in [3.8, 4) is 0 Å². The number of hydrogen-bond acceptors (Lipinski definition) is 4. The Hall–Kier alpha value is -2.18. The fourth-order valence-electron chi connectivity index (χ4n) is 3.69. The van der Waals surface area contributed by atoms with Gasteiger partial charge in [0.25, 0.3) is 0 Å². The molecule has 142 valence electrons. The van der Waals surface area contributed by atoms with Gasteiger partial charge in [-0.1, -0.05) is 19.8 Å². The topological polar surface area (TPSA) is 68.8 Å². The molecule has 0 bridgehead atoms. The van der Waals surface area contributed by atoms with E-state index in [-0.39, 0.29) is 5.92 Å². The van der Waals surface area contributed by atoms with E-state index < -0.39 is 0 Å². The minimum absolute atomic E-state index is 0.272. The van der Waals surface area contributed by atoms with Gasteiger partial charge < -0.3 is 14.0 Å². The molecule has 1 amide bonds. The standard InChI is InChI=1S/C19H30N6O/c1-4-5-6-9-18(26)25-11-7-8-16(13-25)19-22-21-17(23(19)3)14-24-12-10-20-15(24)2/h10,12,16H,4-9,11,13-14H2,1-3H3/t16-/m0/s1. The van der Waals surface area contributed by atoms with Crippen LogP contribution in [-0.2, 0) is 18.4 Å². The zero-order chi connectivity index (χ0) is 18.5. The lowest BCUT2D eigenvalue weighted by molar-refractivity contribution is -0.132. The van der Waals surface area contributed by atoms with Crippen LogP contribution in [0.3, 0.4) is 0 Å². The van der Waals surface area contributed by atoms with E-state index in [1.54, 1.807) is 6.20 Å². The largest absolute Gasteiger partial charge is 0.342 e. The van der Waals surface area contributed by atoms with Crippen LogP contribution in [0.25, 0.3) is 0 Å². The molecule has 0 spiro atoms. The minimum Gasteiger partial charge on any atom is -0.342 e. The van der Waals surface area contributed by atoms with Crippen LogP contribution in [0.4, 0.5) is 0 Å². The molecule has 1 aliphatic heterocycles. The van der Waals surface area contributed by atoms with E-state index in [9.17, 15) is 4.79 Å². The molecule has 3 heterocycles. The fourth-order valence-corrected chi connectivity index (χ4v) is 3.69. The molecular formula is C19H30N6O. The predicted molar refractivity (Wildman–Crippen MR) is 99.8 cm³/mol. The summed E-state index contributed by atoms with van der Waals surface area (Å²) >= 11 is 0. The second-order valence-electron chi connectivity index (χ2n) is 7.27. The maximum Gasteiger partial charge on any atom is 0.222 e. The summed E-state index contributed by atoms with van der Waals surface area (Å²) in [6.07, 6.45) is 9.80. The summed E-state index contributed by atoms with van der Waals surface area (Å²) in [7, 11) is 2.03. The Morgan fingerprint density at radius 1 is 1.31 bits per heavy atom. The van der Waals surface area contributed by atoms with Crippen LogP contribution in [0.15, 0.2) is 12.4 Å². The molecule has 0 aliphatic carbocycles. The van der Waals surface area contributed by atoms with Crippen molar-refractivity contribution in [3.05, 3.63) is 29.9 Å². The normalized spacial score (nSPS) is 17.7. The third-order valence-electron chi connectivity index (χ3n) is 5.37. The van der Waals surface area contributed by atoms with Gasteiger partial charge in [-0.3, -0.25) is 4.79 Å². The first-order chi connectivity index (χ1) is 12.6. The zero-order valence-corrected chi connectivity index (χ0v) is 16.2. The number of amides is 1. The van der Waals surface area contributed by atoms with Gasteiger partial charge in [-0.2, -0.15) is 0 Å². The number of aromatic nitrogens is 5. The summed E-state index contributed by atoms with van der Waals surface area (Å²) < 4.78 is 4.16. The van der Waals surface area contributed by atoms with Gasteiger partial charge in [0.1, 0.15) is 11.6 Å². The lowest BCUT2D eigenvalue weighted by Gasteiger charge is -2.32. The first-order valence-corrected chi connectivity index (χ1v) is 9.73. The van der Waals surface area contributed by atoms with Crippen LogP contribution in [-0.4, -0.2) is 48.2 Å². The van der Waals surface area contributed by atoms with E-state index >= 15 is 0 Å². The SMILES string of the molecule is CCCCCC(=O)N1CCC[C@H](c2nnc(Cn3ccnc3C)n2C)C1. The van der Waals surface area contributed by atoms with E-state index in [1.165, 1.54) is 0 Å². The molecule has 7 nitrogen and oxygen atoms in total. The smallest absolute Gasteiger partial charge is 0.222 e. The molecule has 2 aromatic heterocycles. The van der Waals surface area contributed by atoms with Gasteiger partial charge in [-0.05, 0) is 26.2 Å². The molecule has 26 heavy (non-hydrogen) atoms. The highest BCUT2D eigenvalue weighted by Crippen LogP contribution is 2.26. The van der Waals surface area contributed by atoms with Crippen molar-refractivity contribution >= 4 is 5.91 Å². The summed E-state index contributed by atoms with van der Waals surface area (Å²) in [6.45, 7) is 6.46. The molecule has 1 saturated heterocycles. The molecule has 3 rings (SSSR count). The number of hydrogen-bond donors (Lipinski definition) is 0. The van der Waals surface area contributed by atoms with E-state index in [4.69, 9.17) is 0 Å². The molecule has 0 N–H and O–H groups in total. The van der Waals surface area contributed by atoms with Crippen molar-refractivity contribution in [2.45, 2.75) is 64.8 Å². The summed E-state index contributed by atoms with van der Waals surface area (Å²) in [5.74, 6) is 3.45. The van der Waals surface area contributed by atoms with Gasteiger partial charge in [0.2, 0.25) is 5.91 Å². The monoisotopic (exact) mass is 358 g/mol. The Morgan fingerprint density at radius 3 is 2.88 bits per heavy atom. The van der Waals surface area contributed by atoms with Gasteiger partial charge in [-0.25, -0.2) is 4.98 Å². The number of unbranched alkanes of at least 4 members (excludes halogenated alkanes) is 2. The van der Waals surface area contributed by atoms with Crippen molar-refractivity contribution in [1.82, 2.24) is 29.2 Å². The van der Waals surface area contributed by atoms with Gasteiger partial charge in [0, 0.05) is 44.9 Å². The number of piperidine rings is 1. The third kappa shape index (κ3) is 4.14. The lowest BCUT2D eigenvalue weighted by atomic mass is 9.96. The first kappa shape index (κ1) is 18.6. The van der Waals surface area contributed by atoms with Gasteiger partial charge >= 0.3 is 0 Å². The molecule has 0 aromatic carbocycles. The Bertz CT molecular complexity index is 734. The quantitative estimate of drug-likeness (QED) is 0.714. The van der Waals surface area contributed by atoms with Crippen molar-refractivity contribution in [2.75, 3.05) is 13.1 Å². The van der Waals surface area contributed by atoms with Crippen LogP contribution in [0.5, 0.6) is 0 Å². The lowest BCUT2D eigenvalue weighted by Crippen LogP contribution is -2.39. The van der Waals surface area contributed by atoms with Gasteiger partial charge in [-0.15, -0.1) is 10.2 Å². The Balaban J connectivity index is 1.65. The number of carbonyl (C=O) groups excluding carboxylic acids is 1. The zero-order valence-electron chi connectivity index (χ0n) is 16.2. The van der Waals surface area contributed by atoms with Gasteiger partial charge in [0.15, 0.2) is 5.82 Å². The maximum atomic E-state index is 12.5. The number of carbonyl (C=O) groups is 1. The Morgan fingerprint density at radius 2 is 2.15 bits per heavy atom. The van der Waals surface area contributed by atoms with Crippen molar-refractivity contribution in [1.29, 1.82) is 0 Å². The molecule has 0 unspecified atom stereocenters. The van der Waals surface area contributed by atoms with E-state index in [1.807, 2.05) is 25.1 Å². The highest BCUT2D eigenvalue weighted by Gasteiger charge is 2.28. The second kappa shape index (κ2) is 8.47. The number of nitrogens with zero attached hydrogens (tertiary/aromatic N) is 6. The molecule has 1 aliphatic rings. The fraction of sp³-hybridized carbons (Fsp3) is 0.684. The van der Waals surface area contributed by atoms with Crippen LogP contribution >= 0.6 is 0 Å². The van der Waals surface area contributed by atoms with Crippen molar-refractivity contribution in [2.24, 2.45) is 7.05 Å². The molecule has 1 atom stereocenters. The molecule has 7 heteroatoms. The van der Waals surface area contributed by atoms with Crippen LogP contribution in [0.1, 0.15) is 68.8 Å². The second-order valence-corrected chi connectivity index (χ2v) is 7.27. The predicted octanol–water partition coefficient (Wildman–Crippen LogP) is 2.65. The summed E-state index contributed by atoms with van der Waals surface area (Å²) in [5, 5.41) is 8.86. The summed E-state index contributed by atoms with van der Waals surface area (Å²) in [5.41, 5.74) is 0. The van der Waals surface area contributed by atoms with Crippen molar-refractivity contribution < 1.29 is 4.79 Å². The highest BCUT2D eigenvalue weighted by molar-refractivity contribution is 5.76. The van der Waals surface area contributed by atoms with E-state index in [0.717, 1.165) is 62.7 Å². The van der Waals surface area contributed by atoms with Crippen LogP contribution in [0.2, 0.25) is 0 Å². The molecule has 0 radical (unpaired) electrons. The average molecular weight is 358 g/mol.